The van der Waals surface area contributed by atoms with Gasteiger partial charge in [0.1, 0.15) is 0 Å². The third kappa shape index (κ3) is 4.03. The van der Waals surface area contributed by atoms with Crippen LogP contribution in [0.15, 0.2) is 78.9 Å². The molecule has 0 aromatic heterocycles. The molecule has 1 aliphatic heterocycles. The van der Waals surface area contributed by atoms with E-state index in [2.05, 4.69) is 0 Å². The summed E-state index contributed by atoms with van der Waals surface area (Å²) in [5, 5.41) is 0. The number of anilines is 2. The Hall–Kier alpha value is -4.46. The number of likely N-dealkylation sites (tertiary alicyclic amines) is 1. The van der Waals surface area contributed by atoms with E-state index in [1.807, 2.05) is 0 Å². The molecule has 2 atom stereocenters. The molecule has 1 fully saturated rings. The third-order valence-electron chi connectivity index (χ3n) is 6.20. The van der Waals surface area contributed by atoms with Crippen LogP contribution >= 0.6 is 0 Å². The van der Waals surface area contributed by atoms with Crippen LogP contribution in [0, 0.1) is 5.41 Å². The Morgan fingerprint density at radius 3 is 1.97 bits per heavy atom. The van der Waals surface area contributed by atoms with Crippen molar-refractivity contribution >= 4 is 34.9 Å². The number of ketones is 1. The molecule has 0 aliphatic carbocycles. The highest BCUT2D eigenvalue weighted by molar-refractivity contribution is 6.31. The van der Waals surface area contributed by atoms with Crippen molar-refractivity contribution in [3.63, 3.8) is 0 Å². The summed E-state index contributed by atoms with van der Waals surface area (Å²) in [4.78, 5) is 56.0. The number of nitrogens with zero attached hydrogens (tertiary/aromatic N) is 1. The van der Waals surface area contributed by atoms with Gasteiger partial charge in [0, 0.05) is 35.0 Å². The summed E-state index contributed by atoms with van der Waals surface area (Å²) in [6.45, 7) is 1.37. The second-order valence-electron chi connectivity index (χ2n) is 8.29. The number of rotatable bonds is 6. The summed E-state index contributed by atoms with van der Waals surface area (Å²) in [5.74, 6) is -4.26. The van der Waals surface area contributed by atoms with Crippen LogP contribution in [0.4, 0.5) is 11.4 Å². The van der Waals surface area contributed by atoms with E-state index >= 15 is 0 Å². The highest BCUT2D eigenvalue weighted by atomic mass is 16.5. The van der Waals surface area contributed by atoms with Crippen molar-refractivity contribution in [2.45, 2.75) is 12.8 Å². The van der Waals surface area contributed by atoms with E-state index in [0.717, 1.165) is 4.90 Å². The summed E-state index contributed by atoms with van der Waals surface area (Å²) >= 11 is 0. The Morgan fingerprint density at radius 2 is 1.43 bits per heavy atom. The van der Waals surface area contributed by atoms with Gasteiger partial charge in [-0.15, -0.1) is 0 Å². The number of nitrogen functional groups attached to an aromatic ring is 2. The number of hydrogen-bond donors (Lipinski definition) is 2. The van der Waals surface area contributed by atoms with E-state index in [1.54, 1.807) is 49.4 Å². The fourth-order valence-electron chi connectivity index (χ4n) is 4.45. The van der Waals surface area contributed by atoms with Crippen LogP contribution in [-0.2, 0) is 14.3 Å². The summed E-state index contributed by atoms with van der Waals surface area (Å²) in [7, 11) is 0. The normalized spacial score (nSPS) is 19.4. The van der Waals surface area contributed by atoms with Crippen LogP contribution in [-0.4, -0.2) is 41.6 Å². The van der Waals surface area contributed by atoms with Gasteiger partial charge in [-0.25, -0.2) is 0 Å². The summed E-state index contributed by atoms with van der Waals surface area (Å²) in [6.07, 6.45) is 0. The highest BCUT2D eigenvalue weighted by Crippen LogP contribution is 2.48. The van der Waals surface area contributed by atoms with Crippen molar-refractivity contribution in [1.82, 2.24) is 4.90 Å². The topological polar surface area (TPSA) is 133 Å². The molecule has 4 rings (SSSR count). The summed E-state index contributed by atoms with van der Waals surface area (Å²) < 4.78 is 5.31. The zero-order chi connectivity index (χ0) is 25.2. The quantitative estimate of drug-likeness (QED) is 0.186. The van der Waals surface area contributed by atoms with Crippen LogP contribution in [0.25, 0.3) is 0 Å². The van der Waals surface area contributed by atoms with Crippen molar-refractivity contribution < 1.29 is 23.9 Å². The number of nitrogens with two attached hydrogens (primary N) is 2. The molecule has 8 heteroatoms. The minimum absolute atomic E-state index is 0.0453. The number of carbonyl (C=O) groups excluding carboxylic acids is 4. The minimum atomic E-state index is -2.28. The highest BCUT2D eigenvalue weighted by Gasteiger charge is 2.66. The fourth-order valence-corrected chi connectivity index (χ4v) is 4.45. The maximum atomic E-state index is 14.0. The number of imide groups is 1. The summed E-state index contributed by atoms with van der Waals surface area (Å²) in [6, 6.07) is 20.7. The fraction of sp³-hybridized carbons (Fsp3) is 0.185. The predicted octanol–water partition coefficient (Wildman–Crippen LogP) is 3.05. The number of Topliss-reactive ketones (excluding diaryl/α,β-unsaturated/α-hetero) is 1. The molecule has 0 saturated carbocycles. The molecule has 8 nitrogen and oxygen atoms in total. The maximum Gasteiger partial charge on any atom is 0.330 e. The molecule has 3 aromatic rings. The van der Waals surface area contributed by atoms with E-state index < -0.39 is 34.9 Å². The lowest BCUT2D eigenvalue weighted by Gasteiger charge is -2.29. The first-order valence-corrected chi connectivity index (χ1v) is 11.1. The zero-order valence-electron chi connectivity index (χ0n) is 19.1. The van der Waals surface area contributed by atoms with Gasteiger partial charge in [0.15, 0.2) is 5.78 Å². The Kier molecular flexibility index (Phi) is 6.38. The van der Waals surface area contributed by atoms with Crippen molar-refractivity contribution in [1.29, 1.82) is 0 Å². The second kappa shape index (κ2) is 9.42. The molecule has 2 amide bonds. The van der Waals surface area contributed by atoms with Crippen LogP contribution in [0.3, 0.4) is 0 Å². The lowest BCUT2D eigenvalue weighted by Crippen LogP contribution is -2.51. The van der Waals surface area contributed by atoms with Gasteiger partial charge in [0.05, 0.1) is 6.61 Å². The molecule has 0 unspecified atom stereocenters. The van der Waals surface area contributed by atoms with Gasteiger partial charge in [-0.2, -0.15) is 0 Å². The molecule has 1 saturated heterocycles. The largest absolute Gasteiger partial charge is 0.465 e. The lowest BCUT2D eigenvalue weighted by atomic mass is 9.69. The SMILES string of the molecule is CCOC(=O)[C@]1(C(=O)c2ccc(N)cc2)C(=O)N(C(=O)c2ccc(N)cc2)C[C@@H]1c1ccccc1. The van der Waals surface area contributed by atoms with Crippen molar-refractivity contribution in [2.24, 2.45) is 5.41 Å². The van der Waals surface area contributed by atoms with Crippen molar-refractivity contribution in [2.75, 3.05) is 24.6 Å². The van der Waals surface area contributed by atoms with E-state index in [9.17, 15) is 19.2 Å². The number of benzene rings is 3. The van der Waals surface area contributed by atoms with Crippen LogP contribution in [0.1, 0.15) is 39.1 Å². The monoisotopic (exact) mass is 471 g/mol. The first-order chi connectivity index (χ1) is 16.8. The Balaban J connectivity index is 1.90. The van der Waals surface area contributed by atoms with Gasteiger partial charge >= 0.3 is 5.97 Å². The van der Waals surface area contributed by atoms with Crippen molar-refractivity contribution in [3.05, 3.63) is 95.6 Å². The van der Waals surface area contributed by atoms with Gasteiger partial charge in [-0.1, -0.05) is 30.3 Å². The summed E-state index contributed by atoms with van der Waals surface area (Å²) in [5.41, 5.74) is 11.0. The number of amides is 2. The molecule has 178 valence electrons. The third-order valence-corrected chi connectivity index (χ3v) is 6.20. The number of carbonyl (C=O) groups is 4. The smallest absolute Gasteiger partial charge is 0.330 e. The Labute approximate surface area is 202 Å². The average molecular weight is 472 g/mol. The van der Waals surface area contributed by atoms with Crippen molar-refractivity contribution in [3.8, 4) is 0 Å². The molecule has 1 heterocycles. The number of hydrogen-bond acceptors (Lipinski definition) is 7. The predicted molar refractivity (Wildman–Crippen MR) is 130 cm³/mol. The van der Waals surface area contributed by atoms with Crippen LogP contribution in [0.5, 0.6) is 0 Å². The van der Waals surface area contributed by atoms with E-state index in [4.69, 9.17) is 16.2 Å². The first kappa shape index (κ1) is 23.7. The Morgan fingerprint density at radius 1 is 0.886 bits per heavy atom. The maximum absolute atomic E-state index is 14.0. The molecular formula is C27H25N3O5. The number of esters is 1. The van der Waals surface area contributed by atoms with E-state index in [1.165, 1.54) is 36.4 Å². The van der Waals surface area contributed by atoms with Gasteiger partial charge < -0.3 is 16.2 Å². The van der Waals surface area contributed by atoms with Gasteiger partial charge in [-0.3, -0.25) is 24.1 Å². The molecule has 0 spiro atoms. The molecule has 4 N–H and O–H groups in total. The van der Waals surface area contributed by atoms with E-state index in [0.29, 0.717) is 16.9 Å². The zero-order valence-corrected chi connectivity index (χ0v) is 19.1. The molecule has 0 radical (unpaired) electrons. The van der Waals surface area contributed by atoms with E-state index in [-0.39, 0.29) is 24.3 Å². The molecule has 0 bridgehead atoms. The van der Waals surface area contributed by atoms with Gasteiger partial charge in [0.2, 0.25) is 5.41 Å². The minimum Gasteiger partial charge on any atom is -0.465 e. The average Bonchev–Trinajstić information content (AvgIpc) is 3.18. The van der Waals surface area contributed by atoms with Gasteiger partial charge in [0.25, 0.3) is 11.8 Å². The van der Waals surface area contributed by atoms with Crippen LogP contribution in [0.2, 0.25) is 0 Å². The standard InChI is InChI=1S/C27H25N3O5/c1-2-35-26(34)27(23(31)18-8-12-20(28)13-9-18)22(17-6-4-3-5-7-17)16-30(25(27)33)24(32)19-10-14-21(29)15-11-19/h3-15,22H,2,16,28-29H2,1H3/t22-,27-/m1/s1. The molecular weight excluding hydrogens is 446 g/mol. The second-order valence-corrected chi connectivity index (χ2v) is 8.29. The lowest BCUT2D eigenvalue weighted by molar-refractivity contribution is -0.157. The first-order valence-electron chi connectivity index (χ1n) is 11.1. The molecule has 35 heavy (non-hydrogen) atoms. The van der Waals surface area contributed by atoms with Gasteiger partial charge in [-0.05, 0) is 61.0 Å². The molecule has 1 aliphatic rings. The number of ether oxygens (including phenoxy) is 1. The molecule has 3 aromatic carbocycles. The van der Waals surface area contributed by atoms with Crippen LogP contribution < -0.4 is 11.5 Å². The Bertz CT molecular complexity index is 1270.